The highest BCUT2D eigenvalue weighted by atomic mass is 79.9. The number of carbonyl (C=O) groups is 2. The van der Waals surface area contributed by atoms with Gasteiger partial charge in [-0.05, 0) is 12.1 Å². The molecule has 0 aliphatic rings. The van der Waals surface area contributed by atoms with Crippen LogP contribution in [0.3, 0.4) is 0 Å². The molecule has 6 heteroatoms. The molecule has 0 heterocycles. The van der Waals surface area contributed by atoms with Crippen LogP contribution in [-0.2, 0) is 4.79 Å². The Balaban J connectivity index is 0.00000289. The Hall–Kier alpha value is -0.910. The van der Waals surface area contributed by atoms with Crippen LogP contribution in [0.5, 0.6) is 0 Å². The number of hydrogen-bond donors (Lipinski definition) is 2. The van der Waals surface area contributed by atoms with Gasteiger partial charge in [-0.25, -0.2) is 4.79 Å². The molecule has 0 aliphatic carbocycles. The van der Waals surface area contributed by atoms with Gasteiger partial charge in [0, 0.05) is 10.0 Å². The molecular weight excluding hydrogens is 321 g/mol. The SMILES string of the molecule is C[NH+](CCC(=O)c1ccc(Br)cc1)CC(=O)O.[Cl-]. The van der Waals surface area contributed by atoms with E-state index in [0.29, 0.717) is 18.5 Å². The molecular formula is C12H15BrClNO3. The van der Waals surface area contributed by atoms with E-state index in [-0.39, 0.29) is 24.7 Å². The van der Waals surface area contributed by atoms with Crippen molar-refractivity contribution >= 4 is 27.7 Å². The van der Waals surface area contributed by atoms with E-state index >= 15 is 0 Å². The van der Waals surface area contributed by atoms with Crippen molar-refractivity contribution in [3.8, 4) is 0 Å². The molecule has 4 nitrogen and oxygen atoms in total. The maximum absolute atomic E-state index is 11.8. The summed E-state index contributed by atoms with van der Waals surface area (Å²) >= 11 is 3.30. The molecule has 0 aliphatic heterocycles. The minimum Gasteiger partial charge on any atom is -1.00 e. The van der Waals surface area contributed by atoms with Crippen LogP contribution in [0.1, 0.15) is 16.8 Å². The van der Waals surface area contributed by atoms with Gasteiger partial charge in [-0.3, -0.25) is 4.79 Å². The highest BCUT2D eigenvalue weighted by Crippen LogP contribution is 2.11. The standard InChI is InChI=1S/C12H14BrNO3.ClH/c1-14(8-12(16)17)7-6-11(15)9-2-4-10(13)5-3-9;/h2-5H,6-8H2,1H3,(H,16,17);1H. The Morgan fingerprint density at radius 2 is 1.83 bits per heavy atom. The first-order chi connectivity index (χ1) is 7.99. The van der Waals surface area contributed by atoms with E-state index in [1.165, 1.54) is 0 Å². The number of nitrogens with one attached hydrogen (secondary N) is 1. The van der Waals surface area contributed by atoms with E-state index in [1.54, 1.807) is 19.2 Å². The van der Waals surface area contributed by atoms with Crippen LogP contribution in [0.4, 0.5) is 0 Å². The minimum absolute atomic E-state index is 0. The third-order valence-corrected chi connectivity index (χ3v) is 2.93. The van der Waals surface area contributed by atoms with Gasteiger partial charge in [0.1, 0.15) is 0 Å². The quantitative estimate of drug-likeness (QED) is 0.571. The zero-order valence-corrected chi connectivity index (χ0v) is 12.3. The number of carboxylic acid groups (broad SMARTS) is 1. The van der Waals surface area contributed by atoms with Gasteiger partial charge in [0.05, 0.1) is 20.0 Å². The van der Waals surface area contributed by atoms with Crippen molar-refractivity contribution < 1.29 is 32.0 Å². The summed E-state index contributed by atoms with van der Waals surface area (Å²) in [6.07, 6.45) is 0.362. The molecule has 1 atom stereocenters. The van der Waals surface area contributed by atoms with Crippen molar-refractivity contribution in [3.63, 3.8) is 0 Å². The van der Waals surface area contributed by atoms with E-state index in [9.17, 15) is 9.59 Å². The van der Waals surface area contributed by atoms with Gasteiger partial charge >= 0.3 is 5.97 Å². The second-order valence-electron chi connectivity index (χ2n) is 3.96. The number of rotatable bonds is 6. The summed E-state index contributed by atoms with van der Waals surface area (Å²) in [6, 6.07) is 7.17. The number of hydrogen-bond acceptors (Lipinski definition) is 2. The number of halogens is 2. The summed E-state index contributed by atoms with van der Waals surface area (Å²) in [5.41, 5.74) is 0.663. The number of quaternary nitrogens is 1. The zero-order valence-electron chi connectivity index (χ0n) is 9.95. The first kappa shape index (κ1) is 17.1. The van der Waals surface area contributed by atoms with E-state index in [0.717, 1.165) is 9.37 Å². The number of Topliss-reactive ketones (excluding diaryl/α,β-unsaturated/α-hetero) is 1. The lowest BCUT2D eigenvalue weighted by molar-refractivity contribution is -0.871. The molecule has 0 saturated heterocycles. The van der Waals surface area contributed by atoms with Crippen molar-refractivity contribution in [1.82, 2.24) is 0 Å². The van der Waals surface area contributed by atoms with Crippen LogP contribution in [0, 0.1) is 0 Å². The first-order valence-electron chi connectivity index (χ1n) is 5.31. The first-order valence-corrected chi connectivity index (χ1v) is 6.10. The molecule has 0 aromatic heterocycles. The normalized spacial score (nSPS) is 11.4. The predicted molar refractivity (Wildman–Crippen MR) is 67.3 cm³/mol. The molecule has 0 spiro atoms. The van der Waals surface area contributed by atoms with Gasteiger partial charge in [0.25, 0.3) is 0 Å². The second kappa shape index (κ2) is 8.24. The predicted octanol–water partition coefficient (Wildman–Crippen LogP) is -2.37. The summed E-state index contributed by atoms with van der Waals surface area (Å²) in [6.45, 7) is 0.564. The number of carbonyl (C=O) groups excluding carboxylic acids is 1. The molecule has 1 aromatic rings. The fourth-order valence-electron chi connectivity index (χ4n) is 1.45. The lowest BCUT2D eigenvalue weighted by atomic mass is 10.1. The van der Waals surface area contributed by atoms with Crippen LogP contribution < -0.4 is 17.3 Å². The molecule has 2 N–H and O–H groups in total. The highest BCUT2D eigenvalue weighted by molar-refractivity contribution is 9.10. The smallest absolute Gasteiger partial charge is 0.359 e. The molecule has 0 fully saturated rings. The van der Waals surface area contributed by atoms with E-state index in [2.05, 4.69) is 15.9 Å². The van der Waals surface area contributed by atoms with Gasteiger partial charge < -0.3 is 22.4 Å². The summed E-state index contributed by atoms with van der Waals surface area (Å²) in [4.78, 5) is 23.0. The molecule has 0 bridgehead atoms. The maximum atomic E-state index is 11.8. The van der Waals surface area contributed by atoms with Gasteiger partial charge in [-0.2, -0.15) is 0 Å². The number of aliphatic carboxylic acids is 1. The molecule has 0 radical (unpaired) electrons. The van der Waals surface area contributed by atoms with Crippen LogP contribution in [0.2, 0.25) is 0 Å². The monoisotopic (exact) mass is 335 g/mol. The molecule has 18 heavy (non-hydrogen) atoms. The van der Waals surface area contributed by atoms with Crippen molar-refractivity contribution in [2.75, 3.05) is 20.1 Å². The molecule has 0 saturated carbocycles. The molecule has 1 aromatic carbocycles. The van der Waals surface area contributed by atoms with Gasteiger partial charge in [-0.15, -0.1) is 0 Å². The summed E-state index contributed by atoms with van der Waals surface area (Å²) < 4.78 is 0.933. The van der Waals surface area contributed by atoms with E-state index in [1.807, 2.05) is 12.1 Å². The Morgan fingerprint density at radius 3 is 2.33 bits per heavy atom. The molecule has 100 valence electrons. The highest BCUT2D eigenvalue weighted by Gasteiger charge is 2.11. The molecule has 0 amide bonds. The Labute approximate surface area is 121 Å². The van der Waals surface area contributed by atoms with Crippen LogP contribution in [-0.4, -0.2) is 37.0 Å². The van der Waals surface area contributed by atoms with Crippen LogP contribution in [0.15, 0.2) is 28.7 Å². The van der Waals surface area contributed by atoms with Gasteiger partial charge in [0.2, 0.25) is 0 Å². The Morgan fingerprint density at radius 1 is 1.28 bits per heavy atom. The van der Waals surface area contributed by atoms with Crippen molar-refractivity contribution in [3.05, 3.63) is 34.3 Å². The van der Waals surface area contributed by atoms with Gasteiger partial charge in [-0.1, -0.05) is 28.1 Å². The Bertz CT molecular complexity index is 408. The largest absolute Gasteiger partial charge is 1.00 e. The topological polar surface area (TPSA) is 58.8 Å². The second-order valence-corrected chi connectivity index (χ2v) is 4.87. The van der Waals surface area contributed by atoms with Crippen molar-refractivity contribution in [2.45, 2.75) is 6.42 Å². The summed E-state index contributed by atoms with van der Waals surface area (Å²) in [5, 5.41) is 8.59. The van der Waals surface area contributed by atoms with Crippen molar-refractivity contribution in [1.29, 1.82) is 0 Å². The fourth-order valence-corrected chi connectivity index (χ4v) is 1.72. The number of carboxylic acids is 1. The van der Waals surface area contributed by atoms with Gasteiger partial charge in [0.15, 0.2) is 12.3 Å². The summed E-state index contributed by atoms with van der Waals surface area (Å²) in [5.74, 6) is -0.805. The Kier molecular flexibility index (Phi) is 7.82. The average molecular weight is 337 g/mol. The van der Waals surface area contributed by atoms with E-state index < -0.39 is 5.97 Å². The average Bonchev–Trinajstić information content (AvgIpc) is 2.26. The fraction of sp³-hybridized carbons (Fsp3) is 0.333. The third-order valence-electron chi connectivity index (χ3n) is 2.40. The maximum Gasteiger partial charge on any atom is 0.359 e. The van der Waals surface area contributed by atoms with Crippen molar-refractivity contribution in [2.24, 2.45) is 0 Å². The number of ketones is 1. The van der Waals surface area contributed by atoms with Crippen LogP contribution >= 0.6 is 15.9 Å². The van der Waals surface area contributed by atoms with Crippen LogP contribution in [0.25, 0.3) is 0 Å². The summed E-state index contributed by atoms with van der Waals surface area (Å²) in [7, 11) is 1.77. The molecule has 1 unspecified atom stereocenters. The minimum atomic E-state index is -0.849. The lowest BCUT2D eigenvalue weighted by Gasteiger charge is -2.10. The lowest BCUT2D eigenvalue weighted by Crippen LogP contribution is -3.10. The third kappa shape index (κ3) is 6.14. The molecule has 1 rings (SSSR count). The zero-order chi connectivity index (χ0) is 12.8. The number of likely N-dealkylation sites (N-methyl/N-ethyl adjacent to an activating group) is 1. The van der Waals surface area contributed by atoms with E-state index in [4.69, 9.17) is 5.11 Å². The number of benzene rings is 1.